The lowest BCUT2D eigenvalue weighted by Gasteiger charge is -2.03. The second-order valence-corrected chi connectivity index (χ2v) is 4.53. The summed E-state index contributed by atoms with van der Waals surface area (Å²) >= 11 is 5.59. The average Bonchev–Trinajstić information content (AvgIpc) is 2.35. The van der Waals surface area contributed by atoms with Gasteiger partial charge in [0.2, 0.25) is 0 Å². The normalized spacial score (nSPS) is 10.3. The third-order valence-corrected chi connectivity index (χ3v) is 2.94. The van der Waals surface area contributed by atoms with Gasteiger partial charge in [0, 0.05) is 12.8 Å². The van der Waals surface area contributed by atoms with Crippen LogP contribution in [-0.4, -0.2) is 5.78 Å². The number of rotatable bonds is 4. The molecule has 0 spiro atoms. The first-order valence-electron chi connectivity index (χ1n) is 5.65. The van der Waals surface area contributed by atoms with Crippen LogP contribution < -0.4 is 0 Å². The maximum Gasteiger partial charge on any atom is 0.142 e. The molecule has 0 saturated heterocycles. The smallest absolute Gasteiger partial charge is 0.142 e. The van der Waals surface area contributed by atoms with E-state index in [4.69, 9.17) is 11.6 Å². The van der Waals surface area contributed by atoms with Crippen LogP contribution in [0, 0.1) is 5.82 Å². The second kappa shape index (κ2) is 5.78. The molecule has 0 fully saturated rings. The van der Waals surface area contributed by atoms with Crippen LogP contribution >= 0.6 is 11.6 Å². The van der Waals surface area contributed by atoms with Gasteiger partial charge in [0.15, 0.2) is 0 Å². The summed E-state index contributed by atoms with van der Waals surface area (Å²) in [7, 11) is 0. The highest BCUT2D eigenvalue weighted by Crippen LogP contribution is 2.16. The molecule has 2 aromatic rings. The zero-order valence-corrected chi connectivity index (χ0v) is 10.5. The molecule has 0 aliphatic carbocycles. The number of carbonyl (C=O) groups is 1. The van der Waals surface area contributed by atoms with E-state index in [0.717, 1.165) is 5.56 Å². The van der Waals surface area contributed by atoms with E-state index >= 15 is 0 Å². The molecule has 0 aromatic heterocycles. The molecule has 0 unspecified atom stereocenters. The van der Waals surface area contributed by atoms with Crippen molar-refractivity contribution in [1.29, 1.82) is 0 Å². The molecule has 0 amide bonds. The molecule has 0 radical (unpaired) electrons. The van der Waals surface area contributed by atoms with Crippen LogP contribution in [0.15, 0.2) is 48.5 Å². The van der Waals surface area contributed by atoms with Gasteiger partial charge in [-0.1, -0.05) is 48.0 Å². The third kappa shape index (κ3) is 3.41. The number of carbonyl (C=O) groups excluding carboxylic acids is 1. The van der Waals surface area contributed by atoms with Crippen molar-refractivity contribution in [2.75, 3.05) is 0 Å². The quantitative estimate of drug-likeness (QED) is 0.818. The standard InChI is InChI=1S/C15H12ClFO/c16-14-7-6-12(10-15(14)17)9-13(18)8-11-4-2-1-3-5-11/h1-7,10H,8-9H2. The first-order valence-corrected chi connectivity index (χ1v) is 6.02. The molecule has 2 aromatic carbocycles. The Morgan fingerprint density at radius 3 is 2.33 bits per heavy atom. The van der Waals surface area contributed by atoms with Gasteiger partial charge in [-0.05, 0) is 23.3 Å². The Morgan fingerprint density at radius 1 is 1.00 bits per heavy atom. The summed E-state index contributed by atoms with van der Waals surface area (Å²) in [6, 6.07) is 14.0. The molecule has 0 N–H and O–H groups in total. The van der Waals surface area contributed by atoms with Gasteiger partial charge in [0.1, 0.15) is 11.6 Å². The van der Waals surface area contributed by atoms with Gasteiger partial charge in [-0.15, -0.1) is 0 Å². The highest BCUT2D eigenvalue weighted by atomic mass is 35.5. The van der Waals surface area contributed by atoms with Gasteiger partial charge < -0.3 is 0 Å². The van der Waals surface area contributed by atoms with E-state index in [-0.39, 0.29) is 17.2 Å². The number of benzene rings is 2. The van der Waals surface area contributed by atoms with Gasteiger partial charge in [-0.2, -0.15) is 0 Å². The number of hydrogen-bond acceptors (Lipinski definition) is 1. The predicted molar refractivity (Wildman–Crippen MR) is 70.3 cm³/mol. The van der Waals surface area contributed by atoms with Gasteiger partial charge in [-0.3, -0.25) is 4.79 Å². The van der Waals surface area contributed by atoms with Crippen molar-refractivity contribution in [3.8, 4) is 0 Å². The molecule has 0 saturated carbocycles. The minimum atomic E-state index is -0.485. The zero-order chi connectivity index (χ0) is 13.0. The van der Waals surface area contributed by atoms with Crippen LogP contribution in [0.1, 0.15) is 11.1 Å². The van der Waals surface area contributed by atoms with Crippen LogP contribution in [0.3, 0.4) is 0 Å². The Balaban J connectivity index is 2.01. The summed E-state index contributed by atoms with van der Waals surface area (Å²) in [4.78, 5) is 11.8. The van der Waals surface area contributed by atoms with E-state index in [2.05, 4.69) is 0 Å². The third-order valence-electron chi connectivity index (χ3n) is 2.63. The first-order chi connectivity index (χ1) is 8.65. The van der Waals surface area contributed by atoms with Crippen molar-refractivity contribution in [3.05, 3.63) is 70.5 Å². The number of hydrogen-bond donors (Lipinski definition) is 0. The highest BCUT2D eigenvalue weighted by Gasteiger charge is 2.07. The minimum absolute atomic E-state index is 0.0583. The predicted octanol–water partition coefficient (Wildman–Crippen LogP) is 3.83. The Hall–Kier alpha value is -1.67. The van der Waals surface area contributed by atoms with Gasteiger partial charge >= 0.3 is 0 Å². The van der Waals surface area contributed by atoms with E-state index in [1.165, 1.54) is 12.1 Å². The molecule has 1 nitrogen and oxygen atoms in total. The summed E-state index contributed by atoms with van der Waals surface area (Å²) in [6.07, 6.45) is 0.591. The molecule has 0 heterocycles. The average molecular weight is 263 g/mol. The van der Waals surface area contributed by atoms with Crippen molar-refractivity contribution < 1.29 is 9.18 Å². The monoisotopic (exact) mass is 262 g/mol. The van der Waals surface area contributed by atoms with Gasteiger partial charge in [-0.25, -0.2) is 4.39 Å². The fourth-order valence-electron chi connectivity index (χ4n) is 1.76. The molecule has 0 atom stereocenters. The van der Waals surface area contributed by atoms with Crippen molar-refractivity contribution in [1.82, 2.24) is 0 Å². The lowest BCUT2D eigenvalue weighted by Crippen LogP contribution is -2.06. The molecule has 0 aliphatic heterocycles. The van der Waals surface area contributed by atoms with E-state index < -0.39 is 5.82 Å². The van der Waals surface area contributed by atoms with Crippen molar-refractivity contribution in [2.24, 2.45) is 0 Å². The zero-order valence-electron chi connectivity index (χ0n) is 9.70. The Bertz CT molecular complexity index is 552. The Morgan fingerprint density at radius 2 is 1.67 bits per heavy atom. The van der Waals surface area contributed by atoms with E-state index in [0.29, 0.717) is 12.0 Å². The molecule has 3 heteroatoms. The Labute approximate surface area is 110 Å². The molecule has 18 heavy (non-hydrogen) atoms. The number of Topliss-reactive ketones (excluding diaryl/α,β-unsaturated/α-hetero) is 1. The van der Waals surface area contributed by atoms with Crippen LogP contribution in [0.2, 0.25) is 5.02 Å². The summed E-state index contributed by atoms with van der Waals surface area (Å²) < 4.78 is 13.2. The number of ketones is 1. The van der Waals surface area contributed by atoms with Crippen LogP contribution in [0.4, 0.5) is 4.39 Å². The van der Waals surface area contributed by atoms with Crippen LogP contribution in [0.25, 0.3) is 0 Å². The fraction of sp³-hybridized carbons (Fsp3) is 0.133. The summed E-state index contributed by atoms with van der Waals surface area (Å²) in [5.41, 5.74) is 1.62. The minimum Gasteiger partial charge on any atom is -0.299 e. The maximum absolute atomic E-state index is 13.2. The van der Waals surface area contributed by atoms with Crippen LogP contribution in [0.5, 0.6) is 0 Å². The van der Waals surface area contributed by atoms with Crippen molar-refractivity contribution in [3.63, 3.8) is 0 Å². The fourth-order valence-corrected chi connectivity index (χ4v) is 1.88. The first kappa shape index (κ1) is 12.8. The van der Waals surface area contributed by atoms with E-state index in [1.807, 2.05) is 30.3 Å². The Kier molecular flexibility index (Phi) is 4.11. The summed E-state index contributed by atoms with van der Waals surface area (Å²) in [5.74, 6) is -0.426. The summed E-state index contributed by atoms with van der Waals surface area (Å²) in [6.45, 7) is 0. The highest BCUT2D eigenvalue weighted by molar-refractivity contribution is 6.30. The maximum atomic E-state index is 13.2. The topological polar surface area (TPSA) is 17.1 Å². The van der Waals surface area contributed by atoms with Gasteiger partial charge in [0.25, 0.3) is 0 Å². The molecule has 0 bridgehead atoms. The lowest BCUT2D eigenvalue weighted by molar-refractivity contribution is -0.117. The number of halogens is 2. The second-order valence-electron chi connectivity index (χ2n) is 4.13. The largest absolute Gasteiger partial charge is 0.299 e. The van der Waals surface area contributed by atoms with E-state index in [9.17, 15) is 9.18 Å². The molecular weight excluding hydrogens is 251 g/mol. The lowest BCUT2D eigenvalue weighted by atomic mass is 10.0. The van der Waals surface area contributed by atoms with E-state index in [1.54, 1.807) is 6.07 Å². The molecule has 0 aliphatic rings. The van der Waals surface area contributed by atoms with Crippen molar-refractivity contribution >= 4 is 17.4 Å². The van der Waals surface area contributed by atoms with Crippen LogP contribution in [-0.2, 0) is 17.6 Å². The SMILES string of the molecule is O=C(Cc1ccccc1)Cc1ccc(Cl)c(F)c1. The molecule has 2 rings (SSSR count). The van der Waals surface area contributed by atoms with Crippen molar-refractivity contribution in [2.45, 2.75) is 12.8 Å². The molecular formula is C15H12ClFO. The van der Waals surface area contributed by atoms with Gasteiger partial charge in [0.05, 0.1) is 5.02 Å². The molecule has 92 valence electrons. The summed E-state index contributed by atoms with van der Waals surface area (Å²) in [5, 5.41) is 0.0780.